The maximum atomic E-state index is 11.9. The number of aromatic nitrogens is 2. The SMILES string of the molecule is CN=C(NCCn1cc([N+](=O)[O-])cn1)NCC(C)(C)NC(=O)OC(C)(C)C. The van der Waals surface area contributed by atoms with Crippen molar-refractivity contribution in [3.63, 3.8) is 0 Å². The largest absolute Gasteiger partial charge is 0.444 e. The van der Waals surface area contributed by atoms with Crippen molar-refractivity contribution in [2.24, 2.45) is 4.99 Å². The summed E-state index contributed by atoms with van der Waals surface area (Å²) in [5.74, 6) is 0.538. The molecule has 0 aromatic carbocycles. The molecule has 3 N–H and O–H groups in total. The summed E-state index contributed by atoms with van der Waals surface area (Å²) in [5.41, 5.74) is -1.18. The maximum Gasteiger partial charge on any atom is 0.408 e. The van der Waals surface area contributed by atoms with Crippen molar-refractivity contribution >= 4 is 17.7 Å². The second kappa shape index (κ2) is 9.19. The van der Waals surface area contributed by atoms with Crippen molar-refractivity contribution in [3.8, 4) is 0 Å². The van der Waals surface area contributed by atoms with Crippen molar-refractivity contribution in [3.05, 3.63) is 22.5 Å². The van der Waals surface area contributed by atoms with Gasteiger partial charge in [-0.05, 0) is 34.6 Å². The second-order valence-corrected chi connectivity index (χ2v) is 7.58. The lowest BCUT2D eigenvalue weighted by Crippen LogP contribution is -2.54. The van der Waals surface area contributed by atoms with Gasteiger partial charge in [-0.3, -0.25) is 19.8 Å². The van der Waals surface area contributed by atoms with Gasteiger partial charge in [-0.2, -0.15) is 5.10 Å². The number of aliphatic imine (C=N–C) groups is 1. The van der Waals surface area contributed by atoms with Crippen LogP contribution >= 0.6 is 0 Å². The molecule has 0 saturated carbocycles. The van der Waals surface area contributed by atoms with Gasteiger partial charge in [0.2, 0.25) is 0 Å². The zero-order valence-electron chi connectivity index (χ0n) is 16.7. The maximum absolute atomic E-state index is 11.9. The van der Waals surface area contributed by atoms with Crippen LogP contribution in [0.5, 0.6) is 0 Å². The summed E-state index contributed by atoms with van der Waals surface area (Å²) < 4.78 is 6.74. The fourth-order valence-corrected chi connectivity index (χ4v) is 2.01. The van der Waals surface area contributed by atoms with Crippen LogP contribution in [0.25, 0.3) is 0 Å². The third-order valence-electron chi connectivity index (χ3n) is 3.22. The average Bonchev–Trinajstić information content (AvgIpc) is 2.97. The van der Waals surface area contributed by atoms with Crippen LogP contribution in [0.2, 0.25) is 0 Å². The van der Waals surface area contributed by atoms with Gasteiger partial charge in [-0.15, -0.1) is 0 Å². The molecule has 0 fully saturated rings. The quantitative estimate of drug-likeness (QED) is 0.279. The first-order valence-electron chi connectivity index (χ1n) is 8.54. The van der Waals surface area contributed by atoms with Crippen LogP contribution in [-0.4, -0.2) is 58.0 Å². The summed E-state index contributed by atoms with van der Waals surface area (Å²) in [7, 11) is 1.63. The number of carbonyl (C=O) groups is 1. The van der Waals surface area contributed by atoms with Gasteiger partial charge in [0.05, 0.1) is 17.0 Å². The van der Waals surface area contributed by atoms with Crippen LogP contribution in [0.4, 0.5) is 10.5 Å². The number of guanidine groups is 1. The van der Waals surface area contributed by atoms with E-state index in [1.54, 1.807) is 27.8 Å². The Morgan fingerprint density at radius 2 is 2.00 bits per heavy atom. The molecule has 11 nitrogen and oxygen atoms in total. The summed E-state index contributed by atoms with van der Waals surface area (Å²) >= 11 is 0. The van der Waals surface area contributed by atoms with Gasteiger partial charge in [0.1, 0.15) is 18.0 Å². The number of alkyl carbamates (subject to hydrolysis) is 1. The molecule has 1 amide bonds. The van der Waals surface area contributed by atoms with E-state index >= 15 is 0 Å². The molecule has 0 aliphatic rings. The van der Waals surface area contributed by atoms with Crippen LogP contribution in [0.3, 0.4) is 0 Å². The van der Waals surface area contributed by atoms with Gasteiger partial charge in [0.15, 0.2) is 5.96 Å². The second-order valence-electron chi connectivity index (χ2n) is 7.58. The first-order chi connectivity index (χ1) is 12.4. The van der Waals surface area contributed by atoms with E-state index in [-0.39, 0.29) is 5.69 Å². The summed E-state index contributed by atoms with van der Waals surface area (Å²) in [4.78, 5) is 26.2. The third kappa shape index (κ3) is 8.88. The molecule has 1 aromatic rings. The molecule has 0 aliphatic heterocycles. The Labute approximate surface area is 158 Å². The smallest absolute Gasteiger partial charge is 0.408 e. The lowest BCUT2D eigenvalue weighted by Gasteiger charge is -2.29. The molecule has 0 aliphatic carbocycles. The number of hydrogen-bond donors (Lipinski definition) is 3. The highest BCUT2D eigenvalue weighted by Gasteiger charge is 2.24. The minimum absolute atomic E-state index is 0.0486. The molecule has 0 saturated heterocycles. The summed E-state index contributed by atoms with van der Waals surface area (Å²) in [5, 5.41) is 23.6. The van der Waals surface area contributed by atoms with E-state index in [0.717, 1.165) is 0 Å². The van der Waals surface area contributed by atoms with E-state index in [9.17, 15) is 14.9 Å². The topological polar surface area (TPSA) is 136 Å². The Bertz CT molecular complexity index is 677. The minimum Gasteiger partial charge on any atom is -0.444 e. The lowest BCUT2D eigenvalue weighted by atomic mass is 10.1. The number of nitro groups is 1. The van der Waals surface area contributed by atoms with Gasteiger partial charge < -0.3 is 20.7 Å². The molecule has 0 bridgehead atoms. The number of hydrogen-bond acceptors (Lipinski definition) is 6. The summed E-state index contributed by atoms with van der Waals surface area (Å²) in [6.07, 6.45) is 2.08. The predicted molar refractivity (Wildman–Crippen MR) is 102 cm³/mol. The van der Waals surface area contributed by atoms with E-state index in [1.807, 2.05) is 13.8 Å². The Kier molecular flexibility index (Phi) is 7.56. The third-order valence-corrected chi connectivity index (χ3v) is 3.22. The van der Waals surface area contributed by atoms with Crippen LogP contribution in [0.1, 0.15) is 34.6 Å². The molecule has 0 unspecified atom stereocenters. The Morgan fingerprint density at radius 3 is 2.52 bits per heavy atom. The number of carbonyl (C=O) groups excluding carboxylic acids is 1. The molecule has 0 spiro atoms. The fraction of sp³-hybridized carbons (Fsp3) is 0.688. The van der Waals surface area contributed by atoms with E-state index in [2.05, 4.69) is 26.0 Å². The van der Waals surface area contributed by atoms with E-state index < -0.39 is 22.2 Å². The number of ether oxygens (including phenoxy) is 1. The van der Waals surface area contributed by atoms with Crippen LogP contribution in [0, 0.1) is 10.1 Å². The van der Waals surface area contributed by atoms with Gasteiger partial charge in [-0.1, -0.05) is 0 Å². The number of nitrogens with one attached hydrogen (secondary N) is 3. The van der Waals surface area contributed by atoms with E-state index in [1.165, 1.54) is 17.1 Å². The molecule has 1 aromatic heterocycles. The highest BCUT2D eigenvalue weighted by atomic mass is 16.6. The zero-order valence-corrected chi connectivity index (χ0v) is 16.7. The summed E-state index contributed by atoms with van der Waals surface area (Å²) in [6, 6.07) is 0. The highest BCUT2D eigenvalue weighted by Crippen LogP contribution is 2.09. The van der Waals surface area contributed by atoms with E-state index in [0.29, 0.717) is 25.6 Å². The van der Waals surface area contributed by atoms with Crippen LogP contribution in [0.15, 0.2) is 17.4 Å². The molecule has 11 heteroatoms. The number of rotatable bonds is 7. The molecule has 0 atom stereocenters. The predicted octanol–water partition coefficient (Wildman–Crippen LogP) is 1.26. The number of nitrogens with zero attached hydrogens (tertiary/aromatic N) is 4. The monoisotopic (exact) mass is 383 g/mol. The molecule has 0 radical (unpaired) electrons. The Morgan fingerprint density at radius 1 is 1.33 bits per heavy atom. The highest BCUT2D eigenvalue weighted by molar-refractivity contribution is 5.79. The van der Waals surface area contributed by atoms with Crippen molar-refractivity contribution in [1.29, 1.82) is 0 Å². The minimum atomic E-state index is -0.567. The molecular formula is C16H29N7O4. The molecule has 27 heavy (non-hydrogen) atoms. The molecule has 1 heterocycles. The van der Waals surface area contributed by atoms with Gasteiger partial charge in [0, 0.05) is 20.1 Å². The molecule has 152 valence electrons. The first kappa shape index (κ1) is 22.2. The van der Waals surface area contributed by atoms with Crippen molar-refractivity contribution in [2.45, 2.75) is 52.3 Å². The van der Waals surface area contributed by atoms with Crippen molar-refractivity contribution < 1.29 is 14.5 Å². The first-order valence-corrected chi connectivity index (χ1v) is 8.54. The fourth-order valence-electron chi connectivity index (χ4n) is 2.01. The molecule has 1 rings (SSSR count). The normalized spacial score (nSPS) is 12.4. The van der Waals surface area contributed by atoms with Gasteiger partial charge >= 0.3 is 11.8 Å². The standard InChI is InChI=1S/C16H29N7O4/c1-15(2,3)27-14(24)21-16(4,5)11-19-13(17-6)18-7-8-22-10-12(9-20-22)23(25)26/h9-10H,7-8,11H2,1-6H3,(H,21,24)(H2,17,18,19). The molecular weight excluding hydrogens is 354 g/mol. The zero-order chi connectivity index (χ0) is 20.7. The average molecular weight is 383 g/mol. The lowest BCUT2D eigenvalue weighted by molar-refractivity contribution is -0.385. The van der Waals surface area contributed by atoms with E-state index in [4.69, 9.17) is 4.74 Å². The summed E-state index contributed by atoms with van der Waals surface area (Å²) in [6.45, 7) is 10.5. The van der Waals surface area contributed by atoms with Crippen molar-refractivity contribution in [1.82, 2.24) is 25.7 Å². The number of amides is 1. The van der Waals surface area contributed by atoms with Gasteiger partial charge in [-0.25, -0.2) is 4.79 Å². The van der Waals surface area contributed by atoms with Crippen molar-refractivity contribution in [2.75, 3.05) is 20.1 Å². The Balaban J connectivity index is 2.41. The van der Waals surface area contributed by atoms with Gasteiger partial charge in [0.25, 0.3) is 0 Å². The Hall–Kier alpha value is -2.85. The van der Waals surface area contributed by atoms with Crippen LogP contribution < -0.4 is 16.0 Å². The van der Waals surface area contributed by atoms with Crippen LogP contribution in [-0.2, 0) is 11.3 Å².